The van der Waals surface area contributed by atoms with Gasteiger partial charge < -0.3 is 20.9 Å². The van der Waals surface area contributed by atoms with Gasteiger partial charge in [0.25, 0.3) is 0 Å². The predicted molar refractivity (Wildman–Crippen MR) is 65.8 cm³/mol. The lowest BCUT2D eigenvalue weighted by atomic mass is 10.2. The number of carboxylic acid groups (broad SMARTS) is 1. The summed E-state index contributed by atoms with van der Waals surface area (Å²) in [7, 11) is 0. The molecule has 100 valence electrons. The van der Waals surface area contributed by atoms with Gasteiger partial charge in [-0.1, -0.05) is 11.6 Å². The number of carbonyl (C=O) groups is 1. The molecule has 0 aromatic carbocycles. The minimum Gasteiger partial charge on any atom is -0.465 e. The summed E-state index contributed by atoms with van der Waals surface area (Å²) in [6.07, 6.45) is 0.256. The standard InChI is InChI=1S/C9H12Cl2N4O3/c10-5-3-14-8(11)15-7(5)6(12)4-18-2-1-13-9(16)17/h3,6,13H,1-2,4,12H2,(H,16,17). The molecule has 0 aliphatic heterocycles. The number of nitrogens with two attached hydrogens (primary N) is 1. The molecule has 0 spiro atoms. The summed E-state index contributed by atoms with van der Waals surface area (Å²) in [5.41, 5.74) is 6.20. The van der Waals surface area contributed by atoms with Crippen molar-refractivity contribution in [2.75, 3.05) is 19.8 Å². The van der Waals surface area contributed by atoms with E-state index in [0.717, 1.165) is 0 Å². The van der Waals surface area contributed by atoms with E-state index in [1.165, 1.54) is 6.20 Å². The molecule has 0 saturated heterocycles. The first kappa shape index (κ1) is 14.9. The zero-order valence-corrected chi connectivity index (χ0v) is 10.8. The van der Waals surface area contributed by atoms with Gasteiger partial charge in [0, 0.05) is 6.54 Å². The number of hydrogen-bond donors (Lipinski definition) is 3. The molecule has 1 unspecified atom stereocenters. The average Bonchev–Trinajstić information content (AvgIpc) is 2.31. The van der Waals surface area contributed by atoms with E-state index in [2.05, 4.69) is 15.3 Å². The molecule has 0 aliphatic rings. The third-order valence-corrected chi connectivity index (χ3v) is 2.39. The van der Waals surface area contributed by atoms with Crippen molar-refractivity contribution in [1.29, 1.82) is 0 Å². The lowest BCUT2D eigenvalue weighted by Crippen LogP contribution is -2.27. The summed E-state index contributed by atoms with van der Waals surface area (Å²) < 4.78 is 5.18. The second kappa shape index (κ2) is 7.32. The fourth-order valence-electron chi connectivity index (χ4n) is 1.14. The van der Waals surface area contributed by atoms with Crippen molar-refractivity contribution in [3.63, 3.8) is 0 Å². The van der Waals surface area contributed by atoms with E-state index >= 15 is 0 Å². The van der Waals surface area contributed by atoms with Crippen molar-refractivity contribution in [2.24, 2.45) is 5.73 Å². The maximum atomic E-state index is 10.2. The lowest BCUT2D eigenvalue weighted by Gasteiger charge is -2.13. The molecule has 0 saturated carbocycles. The van der Waals surface area contributed by atoms with Crippen LogP contribution in [0.4, 0.5) is 4.79 Å². The molecule has 1 aromatic heterocycles. The third-order valence-electron chi connectivity index (χ3n) is 1.91. The zero-order valence-electron chi connectivity index (χ0n) is 9.27. The van der Waals surface area contributed by atoms with Crippen molar-refractivity contribution >= 4 is 29.3 Å². The van der Waals surface area contributed by atoms with E-state index in [1.807, 2.05) is 0 Å². The van der Waals surface area contributed by atoms with Gasteiger partial charge in [-0.05, 0) is 11.6 Å². The predicted octanol–water partition coefficient (Wildman–Crippen LogP) is 1.07. The molecule has 1 aromatic rings. The molecule has 1 rings (SSSR count). The number of amides is 1. The molecule has 0 fully saturated rings. The topological polar surface area (TPSA) is 110 Å². The van der Waals surface area contributed by atoms with Gasteiger partial charge in [0.15, 0.2) is 0 Å². The van der Waals surface area contributed by atoms with Crippen LogP contribution in [0.3, 0.4) is 0 Å². The highest BCUT2D eigenvalue weighted by molar-refractivity contribution is 6.32. The maximum Gasteiger partial charge on any atom is 0.404 e. The van der Waals surface area contributed by atoms with Crippen molar-refractivity contribution in [3.8, 4) is 0 Å². The van der Waals surface area contributed by atoms with E-state index in [0.29, 0.717) is 10.7 Å². The highest BCUT2D eigenvalue weighted by Crippen LogP contribution is 2.19. The second-order valence-corrected chi connectivity index (χ2v) is 4.03. The number of ether oxygens (including phenoxy) is 1. The molecular weight excluding hydrogens is 283 g/mol. The molecule has 9 heteroatoms. The van der Waals surface area contributed by atoms with Crippen LogP contribution in [0.25, 0.3) is 0 Å². The van der Waals surface area contributed by atoms with Crippen molar-refractivity contribution < 1.29 is 14.6 Å². The van der Waals surface area contributed by atoms with Crippen LogP contribution in [0.1, 0.15) is 11.7 Å². The number of hydrogen-bond acceptors (Lipinski definition) is 5. The quantitative estimate of drug-likeness (QED) is 0.535. The monoisotopic (exact) mass is 294 g/mol. The van der Waals surface area contributed by atoms with Gasteiger partial charge in [0.2, 0.25) is 5.28 Å². The summed E-state index contributed by atoms with van der Waals surface area (Å²) >= 11 is 11.5. The Labute approximate surface area is 113 Å². The molecule has 0 aliphatic carbocycles. The Morgan fingerprint density at radius 1 is 1.61 bits per heavy atom. The Morgan fingerprint density at radius 3 is 3.00 bits per heavy atom. The summed E-state index contributed by atoms with van der Waals surface area (Å²) in [5, 5.41) is 10.8. The number of nitrogens with zero attached hydrogens (tertiary/aromatic N) is 2. The Balaban J connectivity index is 2.38. The molecule has 18 heavy (non-hydrogen) atoms. The normalized spacial score (nSPS) is 12.2. The highest BCUT2D eigenvalue weighted by Gasteiger charge is 2.13. The van der Waals surface area contributed by atoms with Gasteiger partial charge in [0.05, 0.1) is 36.2 Å². The summed E-state index contributed by atoms with van der Waals surface area (Å²) in [6.45, 7) is 0.533. The van der Waals surface area contributed by atoms with Crippen LogP contribution in [0.2, 0.25) is 10.3 Å². The Hall–Kier alpha value is -1.15. The number of aromatic nitrogens is 2. The Bertz CT molecular complexity index is 419. The summed E-state index contributed by atoms with van der Waals surface area (Å²) in [6, 6.07) is -0.553. The smallest absolute Gasteiger partial charge is 0.404 e. The lowest BCUT2D eigenvalue weighted by molar-refractivity contribution is 0.119. The largest absolute Gasteiger partial charge is 0.465 e. The van der Waals surface area contributed by atoms with Crippen LogP contribution in [0.15, 0.2) is 6.20 Å². The molecular formula is C9H12Cl2N4O3. The first-order chi connectivity index (χ1) is 8.50. The van der Waals surface area contributed by atoms with E-state index in [9.17, 15) is 4.79 Å². The van der Waals surface area contributed by atoms with Crippen molar-refractivity contribution in [2.45, 2.75) is 6.04 Å². The van der Waals surface area contributed by atoms with Crippen LogP contribution < -0.4 is 11.1 Å². The maximum absolute atomic E-state index is 10.2. The first-order valence-electron chi connectivity index (χ1n) is 4.98. The number of rotatable bonds is 6. The number of halogens is 2. The molecule has 1 atom stereocenters. The van der Waals surface area contributed by atoms with Gasteiger partial charge in [-0.2, -0.15) is 0 Å². The fourth-order valence-corrected chi connectivity index (χ4v) is 1.51. The van der Waals surface area contributed by atoms with E-state index in [4.69, 9.17) is 38.8 Å². The van der Waals surface area contributed by atoms with Crippen LogP contribution >= 0.6 is 23.2 Å². The fraction of sp³-hybridized carbons (Fsp3) is 0.444. The van der Waals surface area contributed by atoms with E-state index < -0.39 is 12.1 Å². The molecule has 0 radical (unpaired) electrons. The van der Waals surface area contributed by atoms with Crippen LogP contribution in [0, 0.1) is 0 Å². The van der Waals surface area contributed by atoms with Gasteiger partial charge in [0.1, 0.15) is 0 Å². The molecule has 1 amide bonds. The summed E-state index contributed by atoms with van der Waals surface area (Å²) in [4.78, 5) is 17.8. The zero-order chi connectivity index (χ0) is 13.5. The minimum absolute atomic E-state index is 0.0531. The van der Waals surface area contributed by atoms with Crippen molar-refractivity contribution in [1.82, 2.24) is 15.3 Å². The summed E-state index contributed by atoms with van der Waals surface area (Å²) in [5.74, 6) is 0. The van der Waals surface area contributed by atoms with Gasteiger partial charge in [-0.3, -0.25) is 0 Å². The minimum atomic E-state index is -1.10. The average molecular weight is 295 g/mol. The molecule has 4 N–H and O–H groups in total. The van der Waals surface area contributed by atoms with Gasteiger partial charge in [-0.15, -0.1) is 0 Å². The Morgan fingerprint density at radius 2 is 2.33 bits per heavy atom. The van der Waals surface area contributed by atoms with Crippen molar-refractivity contribution in [3.05, 3.63) is 22.2 Å². The molecule has 7 nitrogen and oxygen atoms in total. The van der Waals surface area contributed by atoms with E-state index in [1.54, 1.807) is 0 Å². The van der Waals surface area contributed by atoms with E-state index in [-0.39, 0.29) is 25.0 Å². The third kappa shape index (κ3) is 5.01. The first-order valence-corrected chi connectivity index (χ1v) is 5.74. The van der Waals surface area contributed by atoms with Gasteiger partial charge in [-0.25, -0.2) is 14.8 Å². The number of nitrogens with one attached hydrogen (secondary N) is 1. The van der Waals surface area contributed by atoms with Crippen LogP contribution in [0.5, 0.6) is 0 Å². The molecule has 1 heterocycles. The van der Waals surface area contributed by atoms with Crippen LogP contribution in [-0.2, 0) is 4.74 Å². The second-order valence-electron chi connectivity index (χ2n) is 3.29. The highest BCUT2D eigenvalue weighted by atomic mass is 35.5. The SMILES string of the molecule is NC(COCCNC(=O)O)c1nc(Cl)ncc1Cl. The van der Waals surface area contributed by atoms with Crippen LogP contribution in [-0.4, -0.2) is 40.9 Å². The molecule has 0 bridgehead atoms. The van der Waals surface area contributed by atoms with Gasteiger partial charge >= 0.3 is 6.09 Å². The Kier molecular flexibility index (Phi) is 6.06.